The monoisotopic (exact) mass is 207 g/mol. The van der Waals surface area contributed by atoms with Gasteiger partial charge < -0.3 is 5.32 Å². The molecule has 0 saturated heterocycles. The highest BCUT2D eigenvalue weighted by molar-refractivity contribution is 5.13. The lowest BCUT2D eigenvalue weighted by Crippen LogP contribution is -2.32. The molecule has 2 atom stereocenters. The van der Waals surface area contributed by atoms with Crippen molar-refractivity contribution < 1.29 is 0 Å². The normalized spacial score (nSPS) is 14.9. The van der Waals surface area contributed by atoms with Crippen molar-refractivity contribution in [3.63, 3.8) is 0 Å². The summed E-state index contributed by atoms with van der Waals surface area (Å²) < 4.78 is 0. The SMILES string of the molecule is CCNC(C)C(CC)c1cc(C)ncn1. The van der Waals surface area contributed by atoms with Gasteiger partial charge in [-0.3, -0.25) is 0 Å². The fourth-order valence-corrected chi connectivity index (χ4v) is 1.96. The van der Waals surface area contributed by atoms with Gasteiger partial charge in [0.2, 0.25) is 0 Å². The maximum absolute atomic E-state index is 4.36. The Morgan fingerprint density at radius 2 is 2.07 bits per heavy atom. The highest BCUT2D eigenvalue weighted by Crippen LogP contribution is 2.21. The topological polar surface area (TPSA) is 37.8 Å². The first-order valence-electron chi connectivity index (χ1n) is 5.71. The maximum atomic E-state index is 4.36. The van der Waals surface area contributed by atoms with Crippen LogP contribution in [0.2, 0.25) is 0 Å². The second-order valence-corrected chi connectivity index (χ2v) is 3.95. The summed E-state index contributed by atoms with van der Waals surface area (Å²) in [4.78, 5) is 8.49. The van der Waals surface area contributed by atoms with E-state index in [2.05, 4.69) is 42.1 Å². The van der Waals surface area contributed by atoms with Crippen molar-refractivity contribution in [2.45, 2.75) is 46.1 Å². The summed E-state index contributed by atoms with van der Waals surface area (Å²) in [6.45, 7) is 9.57. The van der Waals surface area contributed by atoms with Crippen LogP contribution in [0.25, 0.3) is 0 Å². The average Bonchev–Trinajstić information content (AvgIpc) is 2.19. The summed E-state index contributed by atoms with van der Waals surface area (Å²) in [5.41, 5.74) is 2.19. The van der Waals surface area contributed by atoms with E-state index >= 15 is 0 Å². The van der Waals surface area contributed by atoms with Crippen molar-refractivity contribution in [2.24, 2.45) is 0 Å². The summed E-state index contributed by atoms with van der Waals surface area (Å²) in [6, 6.07) is 2.55. The first kappa shape index (κ1) is 12.1. The van der Waals surface area contributed by atoms with Crippen molar-refractivity contribution in [3.8, 4) is 0 Å². The Balaban J connectivity index is 2.82. The van der Waals surface area contributed by atoms with Gasteiger partial charge in [-0.05, 0) is 32.9 Å². The minimum Gasteiger partial charge on any atom is -0.314 e. The van der Waals surface area contributed by atoms with Gasteiger partial charge in [0.05, 0.1) is 0 Å². The predicted molar refractivity (Wildman–Crippen MR) is 62.9 cm³/mol. The second-order valence-electron chi connectivity index (χ2n) is 3.95. The van der Waals surface area contributed by atoms with Crippen molar-refractivity contribution in [2.75, 3.05) is 6.54 Å². The van der Waals surface area contributed by atoms with Crippen LogP contribution in [-0.2, 0) is 0 Å². The molecular formula is C12H21N3. The molecule has 3 nitrogen and oxygen atoms in total. The third-order valence-electron chi connectivity index (χ3n) is 2.77. The second kappa shape index (κ2) is 5.81. The molecule has 1 aromatic rings. The van der Waals surface area contributed by atoms with E-state index in [4.69, 9.17) is 0 Å². The van der Waals surface area contributed by atoms with E-state index in [9.17, 15) is 0 Å². The smallest absolute Gasteiger partial charge is 0.115 e. The molecule has 1 rings (SSSR count). The van der Waals surface area contributed by atoms with Crippen LogP contribution < -0.4 is 5.32 Å². The molecule has 1 heterocycles. The van der Waals surface area contributed by atoms with Crippen LogP contribution >= 0.6 is 0 Å². The Morgan fingerprint density at radius 3 is 2.60 bits per heavy atom. The van der Waals surface area contributed by atoms with Gasteiger partial charge in [0.1, 0.15) is 6.33 Å². The van der Waals surface area contributed by atoms with Gasteiger partial charge in [0, 0.05) is 23.3 Å². The van der Waals surface area contributed by atoms with E-state index in [1.54, 1.807) is 6.33 Å². The molecule has 0 aliphatic rings. The molecule has 0 aromatic carbocycles. The Labute approximate surface area is 92.3 Å². The van der Waals surface area contributed by atoms with Gasteiger partial charge in [-0.2, -0.15) is 0 Å². The van der Waals surface area contributed by atoms with Crippen LogP contribution in [0.1, 0.15) is 44.5 Å². The Bertz CT molecular complexity index is 299. The van der Waals surface area contributed by atoms with Crippen molar-refractivity contribution in [1.82, 2.24) is 15.3 Å². The summed E-state index contributed by atoms with van der Waals surface area (Å²) in [5, 5.41) is 3.45. The molecule has 15 heavy (non-hydrogen) atoms. The molecular weight excluding hydrogens is 186 g/mol. The number of nitrogens with one attached hydrogen (secondary N) is 1. The van der Waals surface area contributed by atoms with E-state index in [1.165, 1.54) is 0 Å². The van der Waals surface area contributed by atoms with Crippen LogP contribution in [0, 0.1) is 6.92 Å². The van der Waals surface area contributed by atoms with Crippen LogP contribution in [0.4, 0.5) is 0 Å². The largest absolute Gasteiger partial charge is 0.314 e. The molecule has 0 saturated carbocycles. The molecule has 1 N–H and O–H groups in total. The molecule has 0 aliphatic carbocycles. The number of nitrogens with zero attached hydrogens (tertiary/aromatic N) is 2. The van der Waals surface area contributed by atoms with Gasteiger partial charge in [-0.1, -0.05) is 13.8 Å². The summed E-state index contributed by atoms with van der Waals surface area (Å²) in [5.74, 6) is 0.478. The van der Waals surface area contributed by atoms with Crippen LogP contribution in [0.5, 0.6) is 0 Å². The highest BCUT2D eigenvalue weighted by Gasteiger charge is 2.17. The zero-order valence-electron chi connectivity index (χ0n) is 10.1. The number of hydrogen-bond donors (Lipinski definition) is 1. The number of aryl methyl sites for hydroxylation is 1. The minimum atomic E-state index is 0.467. The quantitative estimate of drug-likeness (QED) is 0.805. The Hall–Kier alpha value is -0.960. The fraction of sp³-hybridized carbons (Fsp3) is 0.667. The van der Waals surface area contributed by atoms with Crippen LogP contribution in [-0.4, -0.2) is 22.6 Å². The van der Waals surface area contributed by atoms with Crippen molar-refractivity contribution in [3.05, 3.63) is 23.8 Å². The maximum Gasteiger partial charge on any atom is 0.115 e. The summed E-state index contributed by atoms with van der Waals surface area (Å²) in [6.07, 6.45) is 2.76. The average molecular weight is 207 g/mol. The van der Waals surface area contributed by atoms with Gasteiger partial charge in [0.15, 0.2) is 0 Å². The number of aromatic nitrogens is 2. The predicted octanol–water partition coefficient (Wildman–Crippen LogP) is 2.28. The molecule has 84 valence electrons. The molecule has 3 heteroatoms. The lowest BCUT2D eigenvalue weighted by molar-refractivity contribution is 0.452. The molecule has 2 unspecified atom stereocenters. The molecule has 0 amide bonds. The Kier molecular flexibility index (Phi) is 4.69. The third kappa shape index (κ3) is 3.27. The van der Waals surface area contributed by atoms with Gasteiger partial charge in [-0.15, -0.1) is 0 Å². The fourth-order valence-electron chi connectivity index (χ4n) is 1.96. The van der Waals surface area contributed by atoms with E-state index in [0.29, 0.717) is 12.0 Å². The van der Waals surface area contributed by atoms with Crippen molar-refractivity contribution >= 4 is 0 Å². The summed E-state index contributed by atoms with van der Waals surface area (Å²) >= 11 is 0. The standard InChI is InChI=1S/C12H21N3/c1-5-11(10(4)13-6-2)12-7-9(3)14-8-15-12/h7-8,10-11,13H,5-6H2,1-4H3. The minimum absolute atomic E-state index is 0.467. The Morgan fingerprint density at radius 1 is 1.33 bits per heavy atom. The summed E-state index contributed by atoms with van der Waals surface area (Å²) in [7, 11) is 0. The van der Waals surface area contributed by atoms with Gasteiger partial charge >= 0.3 is 0 Å². The first-order valence-corrected chi connectivity index (χ1v) is 5.71. The highest BCUT2D eigenvalue weighted by atomic mass is 14.9. The van der Waals surface area contributed by atoms with Crippen LogP contribution in [0.15, 0.2) is 12.4 Å². The zero-order chi connectivity index (χ0) is 11.3. The lowest BCUT2D eigenvalue weighted by Gasteiger charge is -2.22. The number of rotatable bonds is 5. The van der Waals surface area contributed by atoms with Gasteiger partial charge in [0.25, 0.3) is 0 Å². The molecule has 0 spiro atoms. The third-order valence-corrected chi connectivity index (χ3v) is 2.77. The molecule has 0 aliphatic heterocycles. The first-order chi connectivity index (χ1) is 7.19. The number of hydrogen-bond acceptors (Lipinski definition) is 3. The molecule has 0 radical (unpaired) electrons. The zero-order valence-corrected chi connectivity index (χ0v) is 10.1. The molecule has 0 bridgehead atoms. The van der Waals surface area contributed by atoms with E-state index < -0.39 is 0 Å². The van der Waals surface area contributed by atoms with Gasteiger partial charge in [-0.25, -0.2) is 9.97 Å². The van der Waals surface area contributed by atoms with E-state index in [-0.39, 0.29) is 0 Å². The van der Waals surface area contributed by atoms with E-state index in [1.807, 2.05) is 6.92 Å². The number of likely N-dealkylation sites (N-methyl/N-ethyl adjacent to an activating group) is 1. The lowest BCUT2D eigenvalue weighted by atomic mass is 9.94. The van der Waals surface area contributed by atoms with Crippen LogP contribution in [0.3, 0.4) is 0 Å². The molecule has 1 aromatic heterocycles. The molecule has 0 fully saturated rings. The van der Waals surface area contributed by atoms with Crippen molar-refractivity contribution in [1.29, 1.82) is 0 Å². The van der Waals surface area contributed by atoms with E-state index in [0.717, 1.165) is 24.4 Å².